The van der Waals surface area contributed by atoms with E-state index in [0.717, 1.165) is 44.1 Å². The Bertz CT molecular complexity index is 1560. The molecule has 4 aliphatic rings. The van der Waals surface area contributed by atoms with E-state index in [4.69, 9.17) is 0 Å². The van der Waals surface area contributed by atoms with Crippen LogP contribution in [0.25, 0.3) is 0 Å². The van der Waals surface area contributed by atoms with E-state index in [-0.39, 0.29) is 38.4 Å². The van der Waals surface area contributed by atoms with Gasteiger partial charge in [-0.2, -0.15) is 0 Å². The Labute approximate surface area is 232 Å². The molecule has 1 heterocycles. The van der Waals surface area contributed by atoms with Crippen molar-refractivity contribution >= 4 is 33.4 Å². The van der Waals surface area contributed by atoms with E-state index in [9.17, 15) is 23.3 Å². The summed E-state index contributed by atoms with van der Waals surface area (Å²) in [6.07, 6.45) is 7.31. The van der Waals surface area contributed by atoms with Crippen LogP contribution in [-0.2, 0) is 15.4 Å². The van der Waals surface area contributed by atoms with Crippen molar-refractivity contribution in [2.24, 2.45) is 11.8 Å². The molecule has 4 bridgehead atoms. The van der Waals surface area contributed by atoms with Gasteiger partial charge in [-0.15, -0.1) is 0 Å². The van der Waals surface area contributed by atoms with Gasteiger partial charge >= 0.3 is 6.03 Å². The third-order valence-corrected chi connectivity index (χ3v) is 9.92. The fraction of sp³-hybridized carbons (Fsp3) is 0.393. The highest BCUT2D eigenvalue weighted by Gasteiger charge is 2.58. The van der Waals surface area contributed by atoms with Gasteiger partial charge in [-0.25, -0.2) is 27.9 Å². The van der Waals surface area contributed by atoms with Gasteiger partial charge in [0.05, 0.1) is 9.82 Å². The summed E-state index contributed by atoms with van der Waals surface area (Å²) < 4.78 is 27.8. The Kier molecular flexibility index (Phi) is 6.25. The fourth-order valence-electron chi connectivity index (χ4n) is 7.48. The molecule has 4 saturated carbocycles. The molecule has 4 aliphatic carbocycles. The number of nitro benzene ring substituents is 1. The van der Waals surface area contributed by atoms with Crippen molar-refractivity contribution in [3.8, 4) is 0 Å². The Morgan fingerprint density at radius 2 is 1.68 bits per heavy atom. The molecular formula is C28H30N6O5S. The van der Waals surface area contributed by atoms with E-state index in [2.05, 4.69) is 25.3 Å². The lowest BCUT2D eigenvalue weighted by Gasteiger charge is -2.62. The third-order valence-electron chi connectivity index (χ3n) is 8.57. The summed E-state index contributed by atoms with van der Waals surface area (Å²) in [7, 11) is -3.89. The first kappa shape index (κ1) is 26.2. The summed E-state index contributed by atoms with van der Waals surface area (Å²) >= 11 is 0. The smallest absolute Gasteiger partial charge is 0.319 e. The zero-order valence-corrected chi connectivity index (χ0v) is 22.8. The van der Waals surface area contributed by atoms with E-state index < -0.39 is 10.0 Å². The molecule has 208 valence electrons. The highest BCUT2D eigenvalue weighted by molar-refractivity contribution is 7.92. The number of aromatic nitrogens is 2. The summed E-state index contributed by atoms with van der Waals surface area (Å²) in [4.78, 5) is 32.0. The zero-order chi connectivity index (χ0) is 28.1. The largest absolute Gasteiger partial charge is 0.332 e. The summed E-state index contributed by atoms with van der Waals surface area (Å²) in [6.45, 7) is 1.74. The van der Waals surface area contributed by atoms with E-state index in [1.54, 1.807) is 37.3 Å². The van der Waals surface area contributed by atoms with Crippen molar-refractivity contribution in [3.05, 3.63) is 82.2 Å². The minimum Gasteiger partial charge on any atom is -0.332 e. The molecule has 3 aromatic rings. The van der Waals surface area contributed by atoms with Crippen LogP contribution in [-0.4, -0.2) is 34.9 Å². The second kappa shape index (κ2) is 9.54. The number of rotatable bonds is 7. The zero-order valence-electron chi connectivity index (χ0n) is 22.0. The molecule has 2 aromatic carbocycles. The number of anilines is 2. The van der Waals surface area contributed by atoms with Gasteiger partial charge in [-0.1, -0.05) is 12.1 Å². The van der Waals surface area contributed by atoms with Gasteiger partial charge in [0.25, 0.3) is 15.7 Å². The molecule has 3 N–H and O–H groups in total. The predicted molar refractivity (Wildman–Crippen MR) is 148 cm³/mol. The lowest BCUT2D eigenvalue weighted by atomic mass is 9.45. The number of hydrogen-bond donors (Lipinski definition) is 3. The number of hydrogen-bond acceptors (Lipinski definition) is 7. The molecular weight excluding hydrogens is 532 g/mol. The Morgan fingerprint density at radius 3 is 2.30 bits per heavy atom. The van der Waals surface area contributed by atoms with E-state index in [0.29, 0.717) is 23.2 Å². The Balaban J connectivity index is 1.14. The first-order valence-corrected chi connectivity index (χ1v) is 14.8. The van der Waals surface area contributed by atoms with Crippen LogP contribution in [0.1, 0.15) is 49.8 Å². The molecule has 7 rings (SSSR count). The normalized spacial score (nSPS) is 26.7. The number of carbonyl (C=O) groups is 1. The SMILES string of the molecule is Cc1ccnc(NS(=O)(=O)c2ccc(NC(=O)NC34CC5CC(C3)CC(c3ccc([N+](=O)[O-])cc3)(C5)C4)cc2)n1. The maximum absolute atomic E-state index is 13.2. The Hall–Kier alpha value is -4.06. The number of nitro groups is 1. The number of nitrogens with one attached hydrogen (secondary N) is 3. The maximum Gasteiger partial charge on any atom is 0.319 e. The summed E-state index contributed by atoms with van der Waals surface area (Å²) in [5.74, 6) is 0.973. The van der Waals surface area contributed by atoms with Crippen LogP contribution < -0.4 is 15.4 Å². The van der Waals surface area contributed by atoms with Crippen molar-refractivity contribution in [2.75, 3.05) is 10.0 Å². The van der Waals surface area contributed by atoms with E-state index in [1.165, 1.54) is 18.3 Å². The van der Waals surface area contributed by atoms with Crippen molar-refractivity contribution in [1.29, 1.82) is 0 Å². The second-order valence-electron chi connectivity index (χ2n) is 11.6. The number of nitrogens with zero attached hydrogens (tertiary/aromatic N) is 3. The molecule has 40 heavy (non-hydrogen) atoms. The molecule has 0 aliphatic heterocycles. The number of aryl methyl sites for hydroxylation is 1. The van der Waals surface area contributed by atoms with Crippen LogP contribution in [0.2, 0.25) is 0 Å². The first-order valence-electron chi connectivity index (χ1n) is 13.3. The van der Waals surface area contributed by atoms with Crippen molar-refractivity contribution in [2.45, 2.75) is 61.3 Å². The standard InChI is InChI=1S/C28H30N6O5S/c1-18-10-11-29-25(30-18)33-40(38,39)24-8-4-22(5-9-24)31-26(35)32-28-15-19-12-20(16-28)14-27(13-19,17-28)21-2-6-23(7-3-21)34(36)37/h2-11,19-20H,12-17H2,1H3,(H,29,30,33)(H2,31,32,35). The molecule has 0 saturated heterocycles. The Morgan fingerprint density at radius 1 is 1.00 bits per heavy atom. The van der Waals surface area contributed by atoms with Crippen LogP contribution in [0.3, 0.4) is 0 Å². The molecule has 0 spiro atoms. The quantitative estimate of drug-likeness (QED) is 0.273. The molecule has 4 fully saturated rings. The molecule has 2 atom stereocenters. The minimum absolute atomic E-state index is 0.0105. The number of urea groups is 1. The van der Waals surface area contributed by atoms with Gasteiger partial charge in [-0.3, -0.25) is 10.1 Å². The van der Waals surface area contributed by atoms with Gasteiger partial charge in [0.2, 0.25) is 5.95 Å². The first-order chi connectivity index (χ1) is 19.0. The van der Waals surface area contributed by atoms with E-state index >= 15 is 0 Å². The molecule has 12 heteroatoms. The van der Waals surface area contributed by atoms with Crippen LogP contribution in [0.5, 0.6) is 0 Å². The van der Waals surface area contributed by atoms with Gasteiger partial charge in [-0.05, 0) is 98.6 Å². The van der Waals surface area contributed by atoms with Gasteiger partial charge in [0, 0.05) is 35.2 Å². The minimum atomic E-state index is -3.89. The lowest BCUT2D eigenvalue weighted by molar-refractivity contribution is -0.384. The fourth-order valence-corrected chi connectivity index (χ4v) is 8.43. The number of sulfonamides is 1. The summed E-state index contributed by atoms with van der Waals surface area (Å²) in [5, 5.41) is 17.3. The third kappa shape index (κ3) is 4.99. The molecule has 2 unspecified atom stereocenters. The van der Waals surface area contributed by atoms with Crippen molar-refractivity contribution in [3.63, 3.8) is 0 Å². The van der Waals surface area contributed by atoms with Gasteiger partial charge in [0.1, 0.15) is 0 Å². The number of carbonyl (C=O) groups excluding carboxylic acids is 1. The number of amides is 2. The van der Waals surface area contributed by atoms with Crippen LogP contribution in [0.4, 0.5) is 22.1 Å². The van der Waals surface area contributed by atoms with Gasteiger partial charge in [0.15, 0.2) is 0 Å². The van der Waals surface area contributed by atoms with Crippen molar-refractivity contribution < 1.29 is 18.1 Å². The molecule has 11 nitrogen and oxygen atoms in total. The monoisotopic (exact) mass is 562 g/mol. The predicted octanol–water partition coefficient (Wildman–Crippen LogP) is 4.91. The molecule has 1 aromatic heterocycles. The topological polar surface area (TPSA) is 156 Å². The highest BCUT2D eigenvalue weighted by Crippen LogP contribution is 2.62. The summed E-state index contributed by atoms with van der Waals surface area (Å²) in [5.41, 5.74) is 1.85. The molecule has 0 radical (unpaired) electrons. The van der Waals surface area contributed by atoms with Crippen LogP contribution in [0, 0.1) is 28.9 Å². The average Bonchev–Trinajstić information content (AvgIpc) is 2.87. The number of non-ortho nitro benzene ring substituents is 1. The van der Waals surface area contributed by atoms with Crippen molar-refractivity contribution in [1.82, 2.24) is 15.3 Å². The van der Waals surface area contributed by atoms with Crippen LogP contribution in [0.15, 0.2) is 65.7 Å². The summed E-state index contributed by atoms with van der Waals surface area (Å²) in [6, 6.07) is 14.2. The van der Waals surface area contributed by atoms with E-state index in [1.807, 2.05) is 12.1 Å². The average molecular weight is 563 g/mol. The lowest BCUT2D eigenvalue weighted by Crippen LogP contribution is -2.64. The number of benzene rings is 2. The second-order valence-corrected chi connectivity index (χ2v) is 13.2. The van der Waals surface area contributed by atoms with Gasteiger partial charge < -0.3 is 10.6 Å². The van der Waals surface area contributed by atoms with Crippen LogP contribution >= 0.6 is 0 Å². The maximum atomic E-state index is 13.2. The molecule has 2 amide bonds. The highest BCUT2D eigenvalue weighted by atomic mass is 32.2.